The lowest BCUT2D eigenvalue weighted by atomic mass is 10.0. The molecule has 7 nitrogen and oxygen atoms in total. The summed E-state index contributed by atoms with van der Waals surface area (Å²) in [6.07, 6.45) is 4.40. The van der Waals surface area contributed by atoms with Crippen LogP contribution < -0.4 is 16.0 Å². The van der Waals surface area contributed by atoms with Crippen molar-refractivity contribution in [2.45, 2.75) is 33.1 Å². The zero-order valence-corrected chi connectivity index (χ0v) is 19.2. The van der Waals surface area contributed by atoms with Crippen molar-refractivity contribution in [3.8, 4) is 0 Å². The van der Waals surface area contributed by atoms with Gasteiger partial charge in [-0.15, -0.1) is 0 Å². The Morgan fingerprint density at radius 2 is 1.76 bits per heavy atom. The van der Waals surface area contributed by atoms with E-state index in [9.17, 15) is 9.59 Å². The minimum atomic E-state index is -0.165. The first-order valence-electron chi connectivity index (χ1n) is 11.7. The molecule has 7 heteroatoms. The second-order valence-corrected chi connectivity index (χ2v) is 9.09. The smallest absolute Gasteiger partial charge is 0.323 e. The van der Waals surface area contributed by atoms with Gasteiger partial charge in [0.1, 0.15) is 5.58 Å². The highest BCUT2D eigenvalue weighted by Gasteiger charge is 2.19. The number of para-hydroxylation sites is 1. The molecule has 2 aromatic carbocycles. The van der Waals surface area contributed by atoms with Crippen LogP contribution in [0, 0.1) is 13.8 Å². The molecule has 0 radical (unpaired) electrons. The van der Waals surface area contributed by atoms with Crippen molar-refractivity contribution in [3.05, 3.63) is 74.0 Å². The predicted molar refractivity (Wildman–Crippen MR) is 132 cm³/mol. The molecule has 1 saturated heterocycles. The molecular formula is C26H30N4O3. The number of aromatic nitrogens is 2. The van der Waals surface area contributed by atoms with Gasteiger partial charge in [-0.25, -0.2) is 4.79 Å². The van der Waals surface area contributed by atoms with Crippen LogP contribution in [0.3, 0.4) is 0 Å². The van der Waals surface area contributed by atoms with Gasteiger partial charge in [0.2, 0.25) is 0 Å². The fraction of sp³-hybridized carbons (Fsp3) is 0.385. The van der Waals surface area contributed by atoms with Crippen molar-refractivity contribution < 1.29 is 4.42 Å². The van der Waals surface area contributed by atoms with Crippen LogP contribution in [0.4, 0.5) is 5.69 Å². The Balaban J connectivity index is 1.14. The molecule has 0 unspecified atom stereocenters. The molecule has 1 fully saturated rings. The van der Waals surface area contributed by atoms with Crippen LogP contribution in [0.1, 0.15) is 29.5 Å². The maximum absolute atomic E-state index is 12.9. The Hall–Kier alpha value is -3.32. The molecule has 0 bridgehead atoms. The van der Waals surface area contributed by atoms with Crippen molar-refractivity contribution in [1.29, 1.82) is 0 Å². The van der Waals surface area contributed by atoms with Crippen molar-refractivity contribution in [1.82, 2.24) is 14.9 Å². The molecule has 0 saturated carbocycles. The van der Waals surface area contributed by atoms with Crippen molar-refractivity contribution in [2.75, 3.05) is 37.6 Å². The van der Waals surface area contributed by atoms with Crippen LogP contribution in [0.5, 0.6) is 0 Å². The normalized spacial score (nSPS) is 15.0. The summed E-state index contributed by atoms with van der Waals surface area (Å²) in [5.74, 6) is 0. The fourth-order valence-corrected chi connectivity index (χ4v) is 4.77. The van der Waals surface area contributed by atoms with Crippen LogP contribution >= 0.6 is 0 Å². The highest BCUT2D eigenvalue weighted by atomic mass is 16.3. The topological polar surface area (TPSA) is 85.3 Å². The average molecular weight is 447 g/mol. The van der Waals surface area contributed by atoms with Crippen LogP contribution in [0.25, 0.3) is 22.0 Å². The summed E-state index contributed by atoms with van der Waals surface area (Å²) in [5.41, 5.74) is 6.44. The average Bonchev–Trinajstić information content (AvgIpc) is 3.20. The molecule has 33 heavy (non-hydrogen) atoms. The third-order valence-electron chi connectivity index (χ3n) is 6.87. The molecule has 2 N–H and O–H groups in total. The van der Waals surface area contributed by atoms with Gasteiger partial charge in [0.15, 0.2) is 5.43 Å². The number of imidazole rings is 1. The summed E-state index contributed by atoms with van der Waals surface area (Å²) in [6.45, 7) is 8.92. The summed E-state index contributed by atoms with van der Waals surface area (Å²) in [5, 5.41) is 0.686. The lowest BCUT2D eigenvalue weighted by Gasteiger charge is -2.36. The number of anilines is 1. The molecule has 172 valence electrons. The first kappa shape index (κ1) is 21.5. The number of unbranched alkanes of at least 4 members (excludes halogenated alkanes) is 1. The van der Waals surface area contributed by atoms with Gasteiger partial charge in [0.05, 0.1) is 28.4 Å². The van der Waals surface area contributed by atoms with E-state index in [1.54, 1.807) is 6.26 Å². The van der Waals surface area contributed by atoms with Crippen molar-refractivity contribution >= 4 is 27.7 Å². The van der Waals surface area contributed by atoms with Gasteiger partial charge in [0, 0.05) is 31.7 Å². The zero-order valence-electron chi connectivity index (χ0n) is 19.2. The molecule has 0 atom stereocenters. The van der Waals surface area contributed by atoms with E-state index in [4.69, 9.17) is 4.42 Å². The van der Waals surface area contributed by atoms with E-state index in [0.717, 1.165) is 85.4 Å². The lowest BCUT2D eigenvalue weighted by molar-refractivity contribution is 0.253. The van der Waals surface area contributed by atoms with Crippen LogP contribution in [-0.2, 0) is 6.42 Å². The standard InChI is InChI=1S/C26H30N4O3/c1-17-14-20-23(15-18(17)2)33-16-19(25(20)31)6-3-4-9-29-10-12-30(13-11-29)22-8-5-7-21-24(22)28-26(32)27-21/h5,7-8,14-16H,3-4,6,9-13H2,1-2H3,(H2,27,28,32). The largest absolute Gasteiger partial charge is 0.464 e. The molecule has 0 aliphatic carbocycles. The summed E-state index contributed by atoms with van der Waals surface area (Å²) >= 11 is 0. The maximum atomic E-state index is 12.9. The van der Waals surface area contributed by atoms with Crippen molar-refractivity contribution in [2.24, 2.45) is 0 Å². The molecule has 1 aliphatic heterocycles. The molecule has 1 aliphatic rings. The van der Waals surface area contributed by atoms with E-state index in [2.05, 4.69) is 25.8 Å². The van der Waals surface area contributed by atoms with Crippen LogP contribution in [-0.4, -0.2) is 47.6 Å². The third-order valence-corrected chi connectivity index (χ3v) is 6.87. The van der Waals surface area contributed by atoms with E-state index >= 15 is 0 Å². The number of aromatic amines is 2. The highest BCUT2D eigenvalue weighted by Crippen LogP contribution is 2.24. The molecule has 2 aromatic heterocycles. The van der Waals surface area contributed by atoms with Gasteiger partial charge in [-0.05, 0) is 75.0 Å². The molecule has 3 heterocycles. The number of nitrogens with one attached hydrogen (secondary N) is 2. The first-order valence-corrected chi connectivity index (χ1v) is 11.7. The number of hydrogen-bond donors (Lipinski definition) is 2. The SMILES string of the molecule is Cc1cc2occ(CCCCN3CCN(c4cccc5[nH]c(=O)[nH]c45)CC3)c(=O)c2cc1C. The summed E-state index contributed by atoms with van der Waals surface area (Å²) in [7, 11) is 0. The van der Waals surface area contributed by atoms with Gasteiger partial charge in [0.25, 0.3) is 0 Å². The number of hydrogen-bond acceptors (Lipinski definition) is 5. The maximum Gasteiger partial charge on any atom is 0.323 e. The second-order valence-electron chi connectivity index (χ2n) is 9.09. The Bertz CT molecular complexity index is 1410. The Morgan fingerprint density at radius 1 is 0.970 bits per heavy atom. The summed E-state index contributed by atoms with van der Waals surface area (Å²) in [4.78, 5) is 35.1. The molecular weight excluding hydrogens is 416 g/mol. The minimum Gasteiger partial charge on any atom is -0.464 e. The quantitative estimate of drug-likeness (QED) is 0.441. The van der Waals surface area contributed by atoms with Crippen LogP contribution in [0.15, 0.2) is 50.6 Å². The van der Waals surface area contributed by atoms with Crippen LogP contribution in [0.2, 0.25) is 0 Å². The zero-order chi connectivity index (χ0) is 22.9. The number of piperazine rings is 1. The molecule has 0 spiro atoms. The monoisotopic (exact) mass is 446 g/mol. The van der Waals surface area contributed by atoms with Gasteiger partial charge in [-0.2, -0.15) is 0 Å². The molecule has 4 aromatic rings. The van der Waals surface area contributed by atoms with E-state index in [0.29, 0.717) is 11.0 Å². The van der Waals surface area contributed by atoms with Gasteiger partial charge in [-0.1, -0.05) is 6.07 Å². The van der Waals surface area contributed by atoms with Crippen molar-refractivity contribution in [3.63, 3.8) is 0 Å². The van der Waals surface area contributed by atoms with E-state index in [1.807, 2.05) is 38.1 Å². The Labute approximate surface area is 192 Å². The summed E-state index contributed by atoms with van der Waals surface area (Å²) < 4.78 is 5.75. The van der Waals surface area contributed by atoms with Gasteiger partial charge < -0.3 is 19.3 Å². The van der Waals surface area contributed by atoms with E-state index in [-0.39, 0.29) is 11.1 Å². The minimum absolute atomic E-state index is 0.102. The van der Waals surface area contributed by atoms with Gasteiger partial charge in [-0.3, -0.25) is 9.69 Å². The molecule has 5 rings (SSSR count). The number of aryl methyl sites for hydroxylation is 3. The summed E-state index contributed by atoms with van der Waals surface area (Å²) in [6, 6.07) is 9.87. The predicted octanol–water partition coefficient (Wildman–Crippen LogP) is 3.72. The van der Waals surface area contributed by atoms with Gasteiger partial charge >= 0.3 is 5.69 Å². The van der Waals surface area contributed by atoms with E-state index in [1.165, 1.54) is 0 Å². The number of fused-ring (bicyclic) bond motifs is 2. The Kier molecular flexibility index (Phi) is 5.81. The Morgan fingerprint density at radius 3 is 2.58 bits per heavy atom. The number of benzene rings is 2. The third kappa shape index (κ3) is 4.33. The van der Waals surface area contributed by atoms with E-state index < -0.39 is 0 Å². The fourth-order valence-electron chi connectivity index (χ4n) is 4.77. The molecule has 0 amide bonds. The number of H-pyrrole nitrogens is 2. The number of rotatable bonds is 6. The lowest BCUT2D eigenvalue weighted by Crippen LogP contribution is -2.46. The second kappa shape index (κ2) is 8.90. The first-order chi connectivity index (χ1) is 16.0. The highest BCUT2D eigenvalue weighted by molar-refractivity contribution is 5.88. The number of nitrogens with zero attached hydrogens (tertiary/aromatic N) is 2.